The van der Waals surface area contributed by atoms with Crippen LogP contribution >= 0.6 is 0 Å². The third kappa shape index (κ3) is 4.12. The first kappa shape index (κ1) is 17.3. The van der Waals surface area contributed by atoms with Crippen LogP contribution in [0.15, 0.2) is 48.5 Å². The molecule has 1 heterocycles. The number of anilines is 2. The lowest BCUT2D eigenvalue weighted by atomic mass is 10.1. The van der Waals surface area contributed by atoms with Crippen molar-refractivity contribution < 1.29 is 9.53 Å². The SMILES string of the molecule is CCOC(=O)c1cccc(N)c1N1CCN(Cc2ccccc2)CC1. The molecule has 2 N–H and O–H groups in total. The van der Waals surface area contributed by atoms with Gasteiger partial charge < -0.3 is 15.4 Å². The van der Waals surface area contributed by atoms with E-state index < -0.39 is 0 Å². The summed E-state index contributed by atoms with van der Waals surface area (Å²) in [6.45, 7) is 6.67. The molecule has 1 saturated heterocycles. The zero-order valence-corrected chi connectivity index (χ0v) is 14.6. The Balaban J connectivity index is 1.69. The molecule has 1 aliphatic rings. The van der Waals surface area contributed by atoms with E-state index in [-0.39, 0.29) is 5.97 Å². The number of nitrogens with zero attached hydrogens (tertiary/aromatic N) is 2. The fourth-order valence-corrected chi connectivity index (χ4v) is 3.26. The minimum atomic E-state index is -0.309. The molecule has 0 spiro atoms. The summed E-state index contributed by atoms with van der Waals surface area (Å²) >= 11 is 0. The second kappa shape index (κ2) is 8.03. The molecule has 25 heavy (non-hydrogen) atoms. The summed E-state index contributed by atoms with van der Waals surface area (Å²) in [4.78, 5) is 16.9. The Hall–Kier alpha value is -2.53. The van der Waals surface area contributed by atoms with Crippen molar-refractivity contribution in [3.8, 4) is 0 Å². The van der Waals surface area contributed by atoms with Gasteiger partial charge in [-0.05, 0) is 24.6 Å². The molecule has 132 valence electrons. The highest BCUT2D eigenvalue weighted by Gasteiger charge is 2.24. The fourth-order valence-electron chi connectivity index (χ4n) is 3.26. The second-order valence-corrected chi connectivity index (χ2v) is 6.21. The highest BCUT2D eigenvalue weighted by molar-refractivity contribution is 5.99. The van der Waals surface area contributed by atoms with E-state index >= 15 is 0 Å². The maximum absolute atomic E-state index is 12.3. The third-order valence-electron chi connectivity index (χ3n) is 4.50. The molecule has 0 atom stereocenters. The lowest BCUT2D eigenvalue weighted by molar-refractivity contribution is 0.0527. The molecule has 5 nitrogen and oxygen atoms in total. The molecule has 0 bridgehead atoms. The highest BCUT2D eigenvalue weighted by atomic mass is 16.5. The lowest BCUT2D eigenvalue weighted by Gasteiger charge is -2.37. The number of para-hydroxylation sites is 1. The highest BCUT2D eigenvalue weighted by Crippen LogP contribution is 2.29. The Morgan fingerprint density at radius 3 is 2.44 bits per heavy atom. The number of benzene rings is 2. The van der Waals surface area contributed by atoms with Crippen LogP contribution in [0.1, 0.15) is 22.8 Å². The van der Waals surface area contributed by atoms with E-state index in [9.17, 15) is 4.79 Å². The van der Waals surface area contributed by atoms with Crippen LogP contribution in [0.3, 0.4) is 0 Å². The Labute approximate surface area is 149 Å². The van der Waals surface area contributed by atoms with Crippen molar-refractivity contribution in [2.45, 2.75) is 13.5 Å². The molecule has 2 aromatic carbocycles. The standard InChI is InChI=1S/C20H25N3O2/c1-2-25-20(24)17-9-6-10-18(21)19(17)23-13-11-22(12-14-23)15-16-7-4-3-5-8-16/h3-10H,2,11-15,21H2,1H3. The maximum atomic E-state index is 12.3. The van der Waals surface area contributed by atoms with Crippen LogP contribution in [0.5, 0.6) is 0 Å². The summed E-state index contributed by atoms with van der Waals surface area (Å²) in [5.41, 5.74) is 9.49. The van der Waals surface area contributed by atoms with Gasteiger partial charge in [0.25, 0.3) is 0 Å². The number of carbonyl (C=O) groups excluding carboxylic acids is 1. The molecular formula is C20H25N3O2. The number of carbonyl (C=O) groups is 1. The smallest absolute Gasteiger partial charge is 0.340 e. The summed E-state index contributed by atoms with van der Waals surface area (Å²) in [5, 5.41) is 0. The molecule has 0 amide bonds. The molecule has 3 rings (SSSR count). The summed E-state index contributed by atoms with van der Waals surface area (Å²) in [6.07, 6.45) is 0. The molecule has 1 fully saturated rings. The van der Waals surface area contributed by atoms with Crippen molar-refractivity contribution in [3.05, 3.63) is 59.7 Å². The molecule has 0 unspecified atom stereocenters. The van der Waals surface area contributed by atoms with Crippen LogP contribution < -0.4 is 10.6 Å². The molecule has 5 heteroatoms. The first-order valence-electron chi connectivity index (χ1n) is 8.76. The second-order valence-electron chi connectivity index (χ2n) is 6.21. The van der Waals surface area contributed by atoms with E-state index in [2.05, 4.69) is 34.1 Å². The van der Waals surface area contributed by atoms with Gasteiger partial charge in [-0.2, -0.15) is 0 Å². The van der Waals surface area contributed by atoms with E-state index in [1.165, 1.54) is 5.56 Å². The number of nitrogen functional groups attached to an aromatic ring is 1. The topological polar surface area (TPSA) is 58.8 Å². The molecule has 1 aliphatic heterocycles. The average Bonchev–Trinajstić information content (AvgIpc) is 2.63. The first-order valence-corrected chi connectivity index (χ1v) is 8.76. The van der Waals surface area contributed by atoms with Gasteiger partial charge in [0.2, 0.25) is 0 Å². The minimum Gasteiger partial charge on any atom is -0.462 e. The van der Waals surface area contributed by atoms with Gasteiger partial charge in [0, 0.05) is 32.7 Å². The van der Waals surface area contributed by atoms with Gasteiger partial charge in [-0.25, -0.2) is 4.79 Å². The zero-order chi connectivity index (χ0) is 17.6. The number of hydrogen-bond acceptors (Lipinski definition) is 5. The lowest BCUT2D eigenvalue weighted by Crippen LogP contribution is -2.46. The molecule has 2 aromatic rings. The van der Waals surface area contributed by atoms with Crippen LogP contribution in [-0.4, -0.2) is 43.7 Å². The fraction of sp³-hybridized carbons (Fsp3) is 0.350. The van der Waals surface area contributed by atoms with Crippen molar-refractivity contribution in [2.24, 2.45) is 0 Å². The number of hydrogen-bond donors (Lipinski definition) is 1. The van der Waals surface area contributed by atoms with Gasteiger partial charge in [-0.15, -0.1) is 0 Å². The van der Waals surface area contributed by atoms with Gasteiger partial charge in [0.15, 0.2) is 0 Å². The Bertz CT molecular complexity index is 710. The number of ether oxygens (including phenoxy) is 1. The largest absolute Gasteiger partial charge is 0.462 e. The van der Waals surface area contributed by atoms with E-state index in [1.54, 1.807) is 12.1 Å². The third-order valence-corrected chi connectivity index (χ3v) is 4.50. The van der Waals surface area contributed by atoms with E-state index in [4.69, 9.17) is 10.5 Å². The summed E-state index contributed by atoms with van der Waals surface area (Å²) in [6, 6.07) is 15.9. The van der Waals surface area contributed by atoms with Crippen LogP contribution in [0, 0.1) is 0 Å². The predicted molar refractivity (Wildman–Crippen MR) is 101 cm³/mol. The number of rotatable bonds is 5. The van der Waals surface area contributed by atoms with Crippen molar-refractivity contribution in [2.75, 3.05) is 43.4 Å². The van der Waals surface area contributed by atoms with Crippen LogP contribution in [0.4, 0.5) is 11.4 Å². The zero-order valence-electron chi connectivity index (χ0n) is 14.6. The van der Waals surface area contributed by atoms with Crippen LogP contribution in [-0.2, 0) is 11.3 Å². The predicted octanol–water partition coefficient (Wildman–Crippen LogP) is 2.77. The van der Waals surface area contributed by atoms with Gasteiger partial charge in [0.1, 0.15) is 0 Å². The van der Waals surface area contributed by atoms with Crippen LogP contribution in [0.25, 0.3) is 0 Å². The van der Waals surface area contributed by atoms with Crippen molar-refractivity contribution in [1.29, 1.82) is 0 Å². The van der Waals surface area contributed by atoms with Crippen molar-refractivity contribution >= 4 is 17.3 Å². The Kier molecular flexibility index (Phi) is 5.56. The Morgan fingerprint density at radius 1 is 1.04 bits per heavy atom. The van der Waals surface area contributed by atoms with E-state index in [0.29, 0.717) is 17.9 Å². The maximum Gasteiger partial charge on any atom is 0.340 e. The molecule has 0 aliphatic carbocycles. The van der Waals surface area contributed by atoms with Gasteiger partial charge >= 0.3 is 5.97 Å². The molecule has 0 saturated carbocycles. The molecule has 0 aromatic heterocycles. The van der Waals surface area contributed by atoms with Crippen molar-refractivity contribution in [1.82, 2.24) is 4.90 Å². The first-order chi connectivity index (χ1) is 12.2. The quantitative estimate of drug-likeness (QED) is 0.670. The number of nitrogens with two attached hydrogens (primary N) is 1. The monoisotopic (exact) mass is 339 g/mol. The number of esters is 1. The number of piperazine rings is 1. The molecule has 0 radical (unpaired) electrons. The van der Waals surface area contributed by atoms with Crippen molar-refractivity contribution in [3.63, 3.8) is 0 Å². The summed E-state index contributed by atoms with van der Waals surface area (Å²) < 4.78 is 5.18. The van der Waals surface area contributed by atoms with Gasteiger partial charge in [0.05, 0.1) is 23.5 Å². The molecular weight excluding hydrogens is 314 g/mol. The van der Waals surface area contributed by atoms with E-state index in [0.717, 1.165) is 38.4 Å². The van der Waals surface area contributed by atoms with E-state index in [1.807, 2.05) is 19.1 Å². The van der Waals surface area contributed by atoms with Gasteiger partial charge in [-0.1, -0.05) is 36.4 Å². The minimum absolute atomic E-state index is 0.309. The van der Waals surface area contributed by atoms with Gasteiger partial charge in [-0.3, -0.25) is 4.90 Å². The Morgan fingerprint density at radius 2 is 1.76 bits per heavy atom. The van der Waals surface area contributed by atoms with Crippen LogP contribution in [0.2, 0.25) is 0 Å². The normalized spacial score (nSPS) is 15.2. The summed E-state index contributed by atoms with van der Waals surface area (Å²) in [5.74, 6) is -0.309. The average molecular weight is 339 g/mol. The summed E-state index contributed by atoms with van der Waals surface area (Å²) in [7, 11) is 0.